The molecule has 2 aromatic rings. The number of alkyl carbamates (subject to hydrolysis) is 1. The van der Waals surface area contributed by atoms with E-state index in [4.69, 9.17) is 16.3 Å². The summed E-state index contributed by atoms with van der Waals surface area (Å²) in [5, 5.41) is 12.1. The van der Waals surface area contributed by atoms with E-state index >= 15 is 0 Å². The molecule has 0 saturated heterocycles. The van der Waals surface area contributed by atoms with Gasteiger partial charge in [0, 0.05) is 15.1 Å². The molecule has 0 aliphatic carbocycles. The van der Waals surface area contributed by atoms with E-state index in [1.807, 2.05) is 18.2 Å². The average molecular weight is 399 g/mol. The van der Waals surface area contributed by atoms with Crippen molar-refractivity contribution in [2.75, 3.05) is 0 Å². The SMILES string of the molecule is O=C(NC(C(=O)O)c1ccc(Cl)cc1Br)OCc1ccccc1. The van der Waals surface area contributed by atoms with Gasteiger partial charge in [-0.15, -0.1) is 0 Å². The number of rotatable bonds is 5. The molecule has 0 aliphatic rings. The lowest BCUT2D eigenvalue weighted by molar-refractivity contribution is -0.139. The number of nitrogens with one attached hydrogen (secondary N) is 1. The van der Waals surface area contributed by atoms with Crippen LogP contribution in [-0.4, -0.2) is 17.2 Å². The van der Waals surface area contributed by atoms with Crippen molar-refractivity contribution in [2.45, 2.75) is 12.6 Å². The molecule has 0 saturated carbocycles. The molecule has 1 atom stereocenters. The lowest BCUT2D eigenvalue weighted by atomic mass is 10.1. The van der Waals surface area contributed by atoms with Gasteiger partial charge in [-0.3, -0.25) is 0 Å². The van der Waals surface area contributed by atoms with Crippen molar-refractivity contribution in [1.29, 1.82) is 0 Å². The van der Waals surface area contributed by atoms with Crippen molar-refractivity contribution in [3.8, 4) is 0 Å². The molecule has 2 aromatic carbocycles. The number of halogens is 2. The van der Waals surface area contributed by atoms with Gasteiger partial charge < -0.3 is 15.2 Å². The molecule has 7 heteroatoms. The highest BCUT2D eigenvalue weighted by Crippen LogP contribution is 2.27. The average Bonchev–Trinajstić information content (AvgIpc) is 2.52. The van der Waals surface area contributed by atoms with E-state index in [-0.39, 0.29) is 6.61 Å². The van der Waals surface area contributed by atoms with E-state index in [1.165, 1.54) is 6.07 Å². The van der Waals surface area contributed by atoms with Crippen LogP contribution in [0.15, 0.2) is 53.0 Å². The molecule has 23 heavy (non-hydrogen) atoms. The summed E-state index contributed by atoms with van der Waals surface area (Å²) in [6.45, 7) is 0.0563. The van der Waals surface area contributed by atoms with E-state index in [0.29, 0.717) is 15.1 Å². The van der Waals surface area contributed by atoms with Crippen LogP contribution in [0.25, 0.3) is 0 Å². The molecule has 0 radical (unpaired) electrons. The maximum atomic E-state index is 11.8. The van der Waals surface area contributed by atoms with E-state index in [0.717, 1.165) is 5.56 Å². The molecule has 1 unspecified atom stereocenters. The minimum atomic E-state index is -1.25. The molecule has 0 aliphatic heterocycles. The zero-order valence-corrected chi connectivity index (χ0v) is 14.2. The summed E-state index contributed by atoms with van der Waals surface area (Å²) >= 11 is 9.08. The Morgan fingerprint density at radius 3 is 2.52 bits per heavy atom. The Balaban J connectivity index is 2.04. The summed E-state index contributed by atoms with van der Waals surface area (Å²) in [4.78, 5) is 23.3. The molecule has 0 aromatic heterocycles. The van der Waals surface area contributed by atoms with E-state index < -0.39 is 18.1 Å². The third kappa shape index (κ3) is 4.97. The highest BCUT2D eigenvalue weighted by Gasteiger charge is 2.25. The second-order valence-electron chi connectivity index (χ2n) is 4.64. The van der Waals surface area contributed by atoms with Gasteiger partial charge in [-0.2, -0.15) is 0 Å². The number of ether oxygens (including phenoxy) is 1. The molecule has 0 bridgehead atoms. The van der Waals surface area contributed by atoms with E-state index in [1.54, 1.807) is 24.3 Å². The van der Waals surface area contributed by atoms with E-state index in [2.05, 4.69) is 21.2 Å². The van der Waals surface area contributed by atoms with Crippen LogP contribution in [0.4, 0.5) is 4.79 Å². The largest absolute Gasteiger partial charge is 0.479 e. The molecule has 5 nitrogen and oxygen atoms in total. The van der Waals surface area contributed by atoms with Crippen LogP contribution in [0.1, 0.15) is 17.2 Å². The van der Waals surface area contributed by atoms with Crippen molar-refractivity contribution in [3.63, 3.8) is 0 Å². The second kappa shape index (κ2) is 7.99. The normalized spacial score (nSPS) is 11.6. The predicted molar refractivity (Wildman–Crippen MR) is 89.3 cm³/mol. The number of carboxylic acid groups (broad SMARTS) is 1. The number of carbonyl (C=O) groups excluding carboxylic acids is 1. The highest BCUT2D eigenvalue weighted by molar-refractivity contribution is 9.10. The molecule has 0 spiro atoms. The Morgan fingerprint density at radius 2 is 1.91 bits per heavy atom. The van der Waals surface area contributed by atoms with Crippen LogP contribution in [0.3, 0.4) is 0 Å². The standard InChI is InChI=1S/C16H13BrClNO4/c17-13-8-11(18)6-7-12(13)14(15(20)21)19-16(22)23-9-10-4-2-1-3-5-10/h1-8,14H,9H2,(H,19,22)(H,20,21). The van der Waals surface area contributed by atoms with Gasteiger partial charge in [0.15, 0.2) is 6.04 Å². The Bertz CT molecular complexity index is 708. The lowest BCUT2D eigenvalue weighted by Gasteiger charge is -2.16. The first-order valence-electron chi connectivity index (χ1n) is 6.62. The summed E-state index contributed by atoms with van der Waals surface area (Å²) in [5.41, 5.74) is 1.18. The number of benzene rings is 2. The van der Waals surface area contributed by atoms with Gasteiger partial charge in [0.1, 0.15) is 6.61 Å². The number of amides is 1. The van der Waals surface area contributed by atoms with Crippen molar-refractivity contribution in [3.05, 3.63) is 69.2 Å². The Morgan fingerprint density at radius 1 is 1.22 bits per heavy atom. The van der Waals surface area contributed by atoms with E-state index in [9.17, 15) is 14.7 Å². The number of hydrogen-bond acceptors (Lipinski definition) is 3. The fraction of sp³-hybridized carbons (Fsp3) is 0.125. The zero-order chi connectivity index (χ0) is 16.8. The Hall–Kier alpha value is -2.05. The Labute approximate surface area is 146 Å². The molecular formula is C16H13BrClNO4. The van der Waals surface area contributed by atoms with Crippen LogP contribution >= 0.6 is 27.5 Å². The highest BCUT2D eigenvalue weighted by atomic mass is 79.9. The lowest BCUT2D eigenvalue weighted by Crippen LogP contribution is -2.34. The molecular weight excluding hydrogens is 386 g/mol. The molecule has 2 rings (SSSR count). The Kier molecular flexibility index (Phi) is 6.01. The maximum absolute atomic E-state index is 11.8. The molecule has 0 heterocycles. The minimum Gasteiger partial charge on any atom is -0.479 e. The third-order valence-corrected chi connectivity index (χ3v) is 3.92. The van der Waals surface area contributed by atoms with Crippen molar-refractivity contribution in [2.24, 2.45) is 0 Å². The van der Waals surface area contributed by atoms with Gasteiger partial charge in [0.2, 0.25) is 0 Å². The summed E-state index contributed by atoms with van der Waals surface area (Å²) < 4.78 is 5.53. The summed E-state index contributed by atoms with van der Waals surface area (Å²) in [6.07, 6.45) is -0.817. The zero-order valence-electron chi connectivity index (χ0n) is 11.8. The fourth-order valence-corrected chi connectivity index (χ4v) is 2.80. The summed E-state index contributed by atoms with van der Waals surface area (Å²) in [6, 6.07) is 12.5. The van der Waals surface area contributed by atoms with Gasteiger partial charge in [-0.1, -0.05) is 63.9 Å². The fourth-order valence-electron chi connectivity index (χ4n) is 1.89. The van der Waals surface area contributed by atoms with Crippen LogP contribution in [0.2, 0.25) is 5.02 Å². The minimum absolute atomic E-state index is 0.0563. The molecule has 1 amide bonds. The topological polar surface area (TPSA) is 75.6 Å². The van der Waals surface area contributed by atoms with Gasteiger partial charge >= 0.3 is 12.1 Å². The summed E-state index contributed by atoms with van der Waals surface area (Å²) in [5.74, 6) is -1.20. The van der Waals surface area contributed by atoms with Crippen molar-refractivity contribution in [1.82, 2.24) is 5.32 Å². The van der Waals surface area contributed by atoms with Gasteiger partial charge in [0.05, 0.1) is 0 Å². The quantitative estimate of drug-likeness (QED) is 0.793. The first-order valence-corrected chi connectivity index (χ1v) is 7.79. The third-order valence-electron chi connectivity index (χ3n) is 3.00. The van der Waals surface area contributed by atoms with Crippen LogP contribution in [0, 0.1) is 0 Å². The van der Waals surface area contributed by atoms with Crippen LogP contribution < -0.4 is 5.32 Å². The number of carboxylic acids is 1. The molecule has 0 fully saturated rings. The molecule has 2 N–H and O–H groups in total. The van der Waals surface area contributed by atoms with Crippen molar-refractivity contribution >= 4 is 39.6 Å². The number of carbonyl (C=O) groups is 2. The smallest absolute Gasteiger partial charge is 0.408 e. The second-order valence-corrected chi connectivity index (χ2v) is 5.93. The number of aliphatic carboxylic acids is 1. The van der Waals surface area contributed by atoms with Gasteiger partial charge in [-0.05, 0) is 17.7 Å². The monoisotopic (exact) mass is 397 g/mol. The number of hydrogen-bond donors (Lipinski definition) is 2. The van der Waals surface area contributed by atoms with Crippen LogP contribution in [0.5, 0.6) is 0 Å². The first kappa shape index (κ1) is 17.3. The predicted octanol–water partition coefficient (Wildman–Crippen LogP) is 4.15. The molecule has 120 valence electrons. The summed E-state index contributed by atoms with van der Waals surface area (Å²) in [7, 11) is 0. The maximum Gasteiger partial charge on any atom is 0.408 e. The van der Waals surface area contributed by atoms with Gasteiger partial charge in [0.25, 0.3) is 0 Å². The van der Waals surface area contributed by atoms with Gasteiger partial charge in [-0.25, -0.2) is 9.59 Å². The van der Waals surface area contributed by atoms with Crippen LogP contribution in [-0.2, 0) is 16.1 Å². The first-order chi connectivity index (χ1) is 11.0. The van der Waals surface area contributed by atoms with Crippen molar-refractivity contribution < 1.29 is 19.4 Å².